The molecule has 2 heterocycles. The zero-order valence-electron chi connectivity index (χ0n) is 14.5. The lowest BCUT2D eigenvalue weighted by atomic mass is 10.2. The van der Waals surface area contributed by atoms with Crippen LogP contribution in [0.2, 0.25) is 0 Å². The van der Waals surface area contributed by atoms with Crippen molar-refractivity contribution in [2.75, 3.05) is 44.6 Å². The minimum absolute atomic E-state index is 0.0615. The smallest absolute Gasteiger partial charge is 0.240 e. The molecular weight excluding hydrogens is 316 g/mol. The minimum atomic E-state index is -0.0615. The van der Waals surface area contributed by atoms with Crippen molar-refractivity contribution in [2.45, 2.75) is 6.92 Å². The monoisotopic (exact) mass is 340 g/mol. The fraction of sp³-hybridized carbons (Fsp3) is 0.368. The van der Waals surface area contributed by atoms with Crippen LogP contribution in [0.1, 0.15) is 11.3 Å². The van der Waals surface area contributed by atoms with Crippen molar-refractivity contribution in [3.63, 3.8) is 0 Å². The van der Waals surface area contributed by atoms with Gasteiger partial charge in [-0.05, 0) is 12.5 Å². The molecule has 25 heavy (non-hydrogen) atoms. The molecule has 0 unspecified atom stereocenters. The van der Waals surface area contributed by atoms with Gasteiger partial charge in [-0.1, -0.05) is 47.6 Å². The van der Waals surface area contributed by atoms with E-state index in [1.54, 1.807) is 6.07 Å². The number of piperazine rings is 1. The highest BCUT2D eigenvalue weighted by Gasteiger charge is 2.18. The Labute approximate surface area is 148 Å². The Balaban J connectivity index is 1.37. The van der Waals surface area contributed by atoms with Crippen LogP contribution >= 0.6 is 0 Å². The summed E-state index contributed by atoms with van der Waals surface area (Å²) < 4.78 is 5.01. The summed E-state index contributed by atoms with van der Waals surface area (Å²) in [5.74, 6) is 0.348. The number of amides is 1. The van der Waals surface area contributed by atoms with Gasteiger partial charge in [-0.2, -0.15) is 0 Å². The molecule has 1 aliphatic heterocycles. The maximum absolute atomic E-state index is 12.0. The van der Waals surface area contributed by atoms with Gasteiger partial charge < -0.3 is 4.52 Å². The maximum Gasteiger partial charge on any atom is 0.240 e. The van der Waals surface area contributed by atoms with Crippen LogP contribution in [0.3, 0.4) is 0 Å². The molecule has 1 amide bonds. The van der Waals surface area contributed by atoms with E-state index in [9.17, 15) is 4.79 Å². The zero-order chi connectivity index (χ0) is 17.5. The fourth-order valence-corrected chi connectivity index (χ4v) is 2.83. The van der Waals surface area contributed by atoms with Crippen LogP contribution in [0.15, 0.2) is 47.0 Å². The molecule has 0 aliphatic carbocycles. The third-order valence-corrected chi connectivity index (χ3v) is 4.20. The summed E-state index contributed by atoms with van der Waals surface area (Å²) >= 11 is 0. The van der Waals surface area contributed by atoms with E-state index in [0.717, 1.165) is 38.4 Å². The number of hydrogen-bond acceptors (Lipinski definition) is 5. The second-order valence-electron chi connectivity index (χ2n) is 6.27. The van der Waals surface area contributed by atoms with Gasteiger partial charge in [0.25, 0.3) is 0 Å². The van der Waals surface area contributed by atoms with Crippen LogP contribution in [0, 0.1) is 6.92 Å². The van der Waals surface area contributed by atoms with Crippen molar-refractivity contribution in [3.8, 4) is 0 Å². The molecule has 0 radical (unpaired) electrons. The highest BCUT2D eigenvalue weighted by atomic mass is 16.5. The fourth-order valence-electron chi connectivity index (χ4n) is 2.83. The van der Waals surface area contributed by atoms with E-state index in [4.69, 9.17) is 4.52 Å². The van der Waals surface area contributed by atoms with Gasteiger partial charge in [-0.25, -0.2) is 0 Å². The lowest BCUT2D eigenvalue weighted by Gasteiger charge is -2.33. The van der Waals surface area contributed by atoms with Crippen molar-refractivity contribution in [1.82, 2.24) is 15.0 Å². The molecule has 1 N–H and O–H groups in total. The van der Waals surface area contributed by atoms with Crippen molar-refractivity contribution in [1.29, 1.82) is 0 Å². The number of carbonyl (C=O) groups is 1. The number of hydrogen-bond donors (Lipinski definition) is 1. The van der Waals surface area contributed by atoms with E-state index in [2.05, 4.69) is 44.6 Å². The summed E-state index contributed by atoms with van der Waals surface area (Å²) in [5, 5.41) is 6.50. The van der Waals surface area contributed by atoms with E-state index in [1.165, 1.54) is 5.56 Å². The summed E-state index contributed by atoms with van der Waals surface area (Å²) in [6.45, 7) is 6.86. The third-order valence-electron chi connectivity index (χ3n) is 4.20. The molecule has 1 saturated heterocycles. The molecular formula is C19H24N4O2. The molecule has 6 heteroatoms. The van der Waals surface area contributed by atoms with Gasteiger partial charge in [-0.15, -0.1) is 0 Å². The van der Waals surface area contributed by atoms with Crippen LogP contribution < -0.4 is 5.32 Å². The predicted octanol–water partition coefficient (Wildman–Crippen LogP) is 2.25. The second kappa shape index (κ2) is 8.60. The molecule has 0 spiro atoms. The van der Waals surface area contributed by atoms with Gasteiger partial charge in [0.15, 0.2) is 0 Å². The Bertz CT molecular complexity index is 703. The standard InChI is InChI=1S/C19H24N4O2/c1-16-14-19(25-21-16)20-18(24)15-23-12-10-22(11-13-23)9-5-8-17-6-3-2-4-7-17/h2-8,14H,9-13,15H2,1H3,(H,20,24)/b8-5-. The van der Waals surface area contributed by atoms with E-state index in [1.807, 2.05) is 25.1 Å². The summed E-state index contributed by atoms with van der Waals surface area (Å²) in [4.78, 5) is 16.6. The van der Waals surface area contributed by atoms with E-state index in [-0.39, 0.29) is 5.91 Å². The van der Waals surface area contributed by atoms with Gasteiger partial charge in [-0.3, -0.25) is 19.9 Å². The zero-order valence-corrected chi connectivity index (χ0v) is 14.5. The van der Waals surface area contributed by atoms with Crippen molar-refractivity contribution >= 4 is 17.9 Å². The SMILES string of the molecule is Cc1cc(NC(=O)CN2CCN(C/C=C\c3ccccc3)CC2)on1. The van der Waals surface area contributed by atoms with Crippen LogP contribution in [-0.2, 0) is 4.79 Å². The van der Waals surface area contributed by atoms with Crippen molar-refractivity contribution in [3.05, 3.63) is 53.7 Å². The molecule has 1 aliphatic rings. The number of nitrogens with one attached hydrogen (secondary N) is 1. The summed E-state index contributed by atoms with van der Waals surface area (Å²) in [6.07, 6.45) is 4.35. The minimum Gasteiger partial charge on any atom is -0.338 e. The van der Waals surface area contributed by atoms with Gasteiger partial charge in [0.05, 0.1) is 12.2 Å². The van der Waals surface area contributed by atoms with Crippen LogP contribution in [-0.4, -0.2) is 60.1 Å². The molecule has 132 valence electrons. The Morgan fingerprint density at radius 3 is 2.60 bits per heavy atom. The van der Waals surface area contributed by atoms with Crippen molar-refractivity contribution in [2.24, 2.45) is 0 Å². The molecule has 1 aromatic carbocycles. The Hall–Kier alpha value is -2.44. The molecule has 1 aromatic heterocycles. The maximum atomic E-state index is 12.0. The van der Waals surface area contributed by atoms with Crippen molar-refractivity contribution < 1.29 is 9.32 Å². The average molecular weight is 340 g/mol. The number of rotatable bonds is 6. The van der Waals surface area contributed by atoms with Crippen LogP contribution in [0.4, 0.5) is 5.88 Å². The number of anilines is 1. The van der Waals surface area contributed by atoms with Gasteiger partial charge >= 0.3 is 0 Å². The summed E-state index contributed by atoms with van der Waals surface area (Å²) in [6, 6.07) is 12.0. The molecule has 0 bridgehead atoms. The number of aryl methyl sites for hydroxylation is 1. The molecule has 2 aromatic rings. The Kier molecular flexibility index (Phi) is 5.98. The first-order valence-electron chi connectivity index (χ1n) is 8.58. The molecule has 6 nitrogen and oxygen atoms in total. The Morgan fingerprint density at radius 2 is 1.92 bits per heavy atom. The number of aromatic nitrogens is 1. The summed E-state index contributed by atoms with van der Waals surface area (Å²) in [7, 11) is 0. The molecule has 0 saturated carbocycles. The first-order chi connectivity index (χ1) is 12.2. The number of benzene rings is 1. The first kappa shape index (κ1) is 17.4. The molecule has 3 rings (SSSR count). The second-order valence-corrected chi connectivity index (χ2v) is 6.27. The van der Waals surface area contributed by atoms with Crippen LogP contribution in [0.5, 0.6) is 0 Å². The van der Waals surface area contributed by atoms with Gasteiger partial charge in [0.2, 0.25) is 11.8 Å². The predicted molar refractivity (Wildman–Crippen MR) is 98.2 cm³/mol. The van der Waals surface area contributed by atoms with Crippen LogP contribution in [0.25, 0.3) is 6.08 Å². The lowest BCUT2D eigenvalue weighted by Crippen LogP contribution is -2.48. The Morgan fingerprint density at radius 1 is 1.20 bits per heavy atom. The van der Waals surface area contributed by atoms with E-state index in [0.29, 0.717) is 12.4 Å². The molecule has 0 atom stereocenters. The average Bonchev–Trinajstić information content (AvgIpc) is 3.02. The number of nitrogens with zero attached hydrogens (tertiary/aromatic N) is 3. The lowest BCUT2D eigenvalue weighted by molar-refractivity contribution is -0.117. The quantitative estimate of drug-likeness (QED) is 0.874. The van der Waals surface area contributed by atoms with Gasteiger partial charge in [0, 0.05) is 38.8 Å². The highest BCUT2D eigenvalue weighted by molar-refractivity contribution is 5.90. The normalized spacial score (nSPS) is 16.4. The third kappa shape index (κ3) is 5.55. The largest absolute Gasteiger partial charge is 0.338 e. The topological polar surface area (TPSA) is 61.6 Å². The first-order valence-corrected chi connectivity index (χ1v) is 8.58. The van der Waals surface area contributed by atoms with E-state index < -0.39 is 0 Å². The highest BCUT2D eigenvalue weighted by Crippen LogP contribution is 2.09. The van der Waals surface area contributed by atoms with Gasteiger partial charge in [0.1, 0.15) is 0 Å². The van der Waals surface area contributed by atoms with E-state index >= 15 is 0 Å². The molecule has 1 fully saturated rings. The summed E-state index contributed by atoms with van der Waals surface area (Å²) in [5.41, 5.74) is 1.98. The number of carbonyl (C=O) groups excluding carboxylic acids is 1.